The number of hydrogen-bond donors (Lipinski definition) is 1. The van der Waals surface area contributed by atoms with Gasteiger partial charge >= 0.3 is 5.97 Å². The maximum absolute atomic E-state index is 13.7. The van der Waals surface area contributed by atoms with Gasteiger partial charge < -0.3 is 10.1 Å². The second-order valence-corrected chi connectivity index (χ2v) is 7.93. The van der Waals surface area contributed by atoms with Gasteiger partial charge in [0, 0.05) is 0 Å². The minimum Gasteiger partial charge on any atom is -0.468 e. The van der Waals surface area contributed by atoms with E-state index in [4.69, 9.17) is 4.74 Å². The number of benzene rings is 2. The average Bonchev–Trinajstić information content (AvgIpc) is 3.56. The number of amides is 1. The highest BCUT2D eigenvalue weighted by atomic mass is 19.2. The Kier molecular flexibility index (Phi) is 7.00. The highest BCUT2D eigenvalue weighted by Gasteiger charge is 2.35. The first-order chi connectivity index (χ1) is 14.7. The number of carbonyl (C=O) groups excluding carboxylic acids is 2. The van der Waals surface area contributed by atoms with Crippen molar-refractivity contribution >= 4 is 11.9 Å². The van der Waals surface area contributed by atoms with Crippen LogP contribution in [-0.2, 0) is 14.3 Å². The van der Waals surface area contributed by atoms with Crippen LogP contribution in [-0.4, -0.2) is 37.5 Å². The molecule has 1 N–H and O–H groups in total. The summed E-state index contributed by atoms with van der Waals surface area (Å²) >= 11 is 0. The van der Waals surface area contributed by atoms with E-state index < -0.39 is 29.5 Å². The van der Waals surface area contributed by atoms with Crippen molar-refractivity contribution in [1.29, 1.82) is 0 Å². The summed E-state index contributed by atoms with van der Waals surface area (Å²) in [5.74, 6) is -5.30. The Balaban J connectivity index is 1.76. The Morgan fingerprint density at radius 2 is 1.68 bits per heavy atom. The number of methoxy groups -OCH3 is 1. The zero-order valence-electron chi connectivity index (χ0n) is 17.6. The number of ether oxygens (including phenoxy) is 1. The van der Waals surface area contributed by atoms with E-state index in [0.717, 1.165) is 43.2 Å². The Morgan fingerprint density at radius 3 is 2.19 bits per heavy atom. The van der Waals surface area contributed by atoms with Crippen LogP contribution in [0, 0.1) is 30.3 Å². The van der Waals surface area contributed by atoms with Crippen molar-refractivity contribution in [3.05, 3.63) is 70.5 Å². The molecule has 0 radical (unpaired) electrons. The molecule has 0 saturated heterocycles. The maximum Gasteiger partial charge on any atom is 0.327 e. The molecule has 31 heavy (non-hydrogen) atoms. The van der Waals surface area contributed by atoms with E-state index in [-0.39, 0.29) is 24.1 Å². The summed E-state index contributed by atoms with van der Waals surface area (Å²) in [4.78, 5) is 26.4. The fraction of sp³-hybridized carbons (Fsp3) is 0.391. The lowest BCUT2D eigenvalue weighted by molar-refractivity contribution is -0.147. The highest BCUT2D eigenvalue weighted by Crippen LogP contribution is 2.41. The summed E-state index contributed by atoms with van der Waals surface area (Å²) in [6.07, 6.45) is 2.02. The predicted molar refractivity (Wildman–Crippen MR) is 108 cm³/mol. The minimum absolute atomic E-state index is 0.143. The molecule has 0 bridgehead atoms. The predicted octanol–water partition coefficient (Wildman–Crippen LogP) is 3.83. The molecule has 0 heterocycles. The number of nitrogens with zero attached hydrogens (tertiary/aromatic N) is 1. The molecule has 5 nitrogen and oxygen atoms in total. The van der Waals surface area contributed by atoms with E-state index in [9.17, 15) is 22.8 Å². The summed E-state index contributed by atoms with van der Waals surface area (Å²) in [7, 11) is 2.58. The maximum atomic E-state index is 13.7. The smallest absolute Gasteiger partial charge is 0.327 e. The van der Waals surface area contributed by atoms with Gasteiger partial charge in [0.05, 0.1) is 19.7 Å². The van der Waals surface area contributed by atoms with Crippen LogP contribution in [0.1, 0.15) is 41.6 Å². The molecule has 8 heteroatoms. The number of aryl methyl sites for hydroxylation is 1. The largest absolute Gasteiger partial charge is 0.468 e. The molecular weight excluding hydrogens is 409 g/mol. The molecule has 1 fully saturated rings. The van der Waals surface area contributed by atoms with Crippen molar-refractivity contribution in [2.24, 2.45) is 5.92 Å². The van der Waals surface area contributed by atoms with Gasteiger partial charge in [-0.3, -0.25) is 9.69 Å². The fourth-order valence-electron chi connectivity index (χ4n) is 3.63. The molecular formula is C23H25F3N2O3. The molecule has 2 aromatic rings. The van der Waals surface area contributed by atoms with Crippen LogP contribution in [0.15, 0.2) is 36.4 Å². The molecule has 1 amide bonds. The minimum atomic E-state index is -1.63. The van der Waals surface area contributed by atoms with Gasteiger partial charge in [-0.1, -0.05) is 29.8 Å². The summed E-state index contributed by atoms with van der Waals surface area (Å²) in [6.45, 7) is 1.76. The second-order valence-electron chi connectivity index (χ2n) is 7.93. The number of esters is 1. The lowest BCUT2D eigenvalue weighted by Gasteiger charge is -2.27. The second kappa shape index (κ2) is 9.51. The third-order valence-corrected chi connectivity index (χ3v) is 5.43. The SMILES string of the molecule is COC(=O)[C@H](c1cc(F)c(F)c(F)c1)N(C)CC(=O)N[C@@H](c1ccc(C)cc1)C1CC1. The van der Waals surface area contributed by atoms with Gasteiger partial charge in [0.2, 0.25) is 5.91 Å². The average molecular weight is 434 g/mol. The lowest BCUT2D eigenvalue weighted by atomic mass is 10.0. The number of halogens is 3. The van der Waals surface area contributed by atoms with Crippen LogP contribution in [0.25, 0.3) is 0 Å². The Labute approximate surface area is 179 Å². The molecule has 0 aromatic heterocycles. The Morgan fingerprint density at radius 1 is 1.10 bits per heavy atom. The number of nitrogens with one attached hydrogen (secondary N) is 1. The molecule has 1 saturated carbocycles. The van der Waals surface area contributed by atoms with Crippen LogP contribution in [0.5, 0.6) is 0 Å². The van der Waals surface area contributed by atoms with Crippen LogP contribution in [0.4, 0.5) is 13.2 Å². The standard InChI is InChI=1S/C23H25F3N2O3/c1-13-4-6-14(7-5-13)21(15-8-9-15)27-19(29)12-28(2)22(23(30)31-3)16-10-17(24)20(26)18(25)11-16/h4-7,10-11,15,21-22H,8-9,12H2,1-3H3,(H,27,29)/t21-,22-/m0/s1. The zero-order valence-corrected chi connectivity index (χ0v) is 17.6. The van der Waals surface area contributed by atoms with Crippen LogP contribution >= 0.6 is 0 Å². The Hall–Kier alpha value is -2.87. The molecule has 1 aliphatic carbocycles. The summed E-state index contributed by atoms with van der Waals surface area (Å²) in [6, 6.07) is 7.94. The van der Waals surface area contributed by atoms with Crippen LogP contribution in [0.2, 0.25) is 0 Å². The summed E-state index contributed by atoms with van der Waals surface area (Å²) in [5, 5.41) is 3.00. The first-order valence-corrected chi connectivity index (χ1v) is 9.99. The van der Waals surface area contributed by atoms with Crippen molar-refractivity contribution in [1.82, 2.24) is 10.2 Å². The lowest BCUT2D eigenvalue weighted by Crippen LogP contribution is -2.41. The molecule has 0 aliphatic heterocycles. The van der Waals surface area contributed by atoms with Gasteiger partial charge in [-0.15, -0.1) is 0 Å². The van der Waals surface area contributed by atoms with Crippen molar-refractivity contribution < 1.29 is 27.5 Å². The monoisotopic (exact) mass is 434 g/mol. The van der Waals surface area contributed by atoms with Crippen LogP contribution < -0.4 is 5.32 Å². The Bertz CT molecular complexity index is 938. The zero-order chi connectivity index (χ0) is 22.7. The molecule has 166 valence electrons. The van der Waals surface area contributed by atoms with Gasteiger partial charge in [-0.25, -0.2) is 18.0 Å². The van der Waals surface area contributed by atoms with Crippen molar-refractivity contribution in [2.45, 2.75) is 31.8 Å². The first kappa shape index (κ1) is 22.8. The quantitative estimate of drug-likeness (QED) is 0.507. The third kappa shape index (κ3) is 5.44. The van der Waals surface area contributed by atoms with Gasteiger partial charge in [0.25, 0.3) is 0 Å². The number of rotatable bonds is 8. The van der Waals surface area contributed by atoms with E-state index >= 15 is 0 Å². The normalized spacial score (nSPS) is 15.5. The summed E-state index contributed by atoms with van der Waals surface area (Å²) < 4.78 is 45.5. The van der Waals surface area contributed by atoms with Gasteiger partial charge in [0.1, 0.15) is 6.04 Å². The first-order valence-electron chi connectivity index (χ1n) is 9.99. The molecule has 3 rings (SSSR count). The van der Waals surface area contributed by atoms with E-state index in [2.05, 4.69) is 5.32 Å². The molecule has 0 unspecified atom stereocenters. The third-order valence-electron chi connectivity index (χ3n) is 5.43. The van der Waals surface area contributed by atoms with Crippen molar-refractivity contribution in [3.8, 4) is 0 Å². The van der Waals surface area contributed by atoms with E-state index in [1.54, 1.807) is 0 Å². The van der Waals surface area contributed by atoms with Gasteiger partial charge in [-0.05, 0) is 56.0 Å². The van der Waals surface area contributed by atoms with Gasteiger partial charge in [0.15, 0.2) is 17.5 Å². The van der Waals surface area contributed by atoms with E-state index in [1.165, 1.54) is 11.9 Å². The molecule has 0 spiro atoms. The highest BCUT2D eigenvalue weighted by molar-refractivity contribution is 5.81. The van der Waals surface area contributed by atoms with Gasteiger partial charge in [-0.2, -0.15) is 0 Å². The topological polar surface area (TPSA) is 58.6 Å². The molecule has 1 aliphatic rings. The molecule has 2 aromatic carbocycles. The van der Waals surface area contributed by atoms with Crippen molar-refractivity contribution in [2.75, 3.05) is 20.7 Å². The number of likely N-dealkylation sites (N-methyl/N-ethyl adjacent to an activating group) is 1. The van der Waals surface area contributed by atoms with E-state index in [1.807, 2.05) is 31.2 Å². The van der Waals surface area contributed by atoms with Crippen LogP contribution in [0.3, 0.4) is 0 Å². The molecule has 2 atom stereocenters. The summed E-state index contributed by atoms with van der Waals surface area (Å²) in [5.41, 5.74) is 1.97. The van der Waals surface area contributed by atoms with E-state index in [0.29, 0.717) is 5.92 Å². The number of carbonyl (C=O) groups is 2. The van der Waals surface area contributed by atoms with Crippen molar-refractivity contribution in [3.63, 3.8) is 0 Å². The fourth-order valence-corrected chi connectivity index (χ4v) is 3.63. The number of hydrogen-bond acceptors (Lipinski definition) is 4.